The summed E-state index contributed by atoms with van der Waals surface area (Å²) in [6.45, 7) is 11.6. The number of alkyl halides is 2. The van der Waals surface area contributed by atoms with E-state index in [1.165, 1.54) is 54.7 Å². The number of carbonyl (C=O) groups excluding carboxylic acids is 6. The summed E-state index contributed by atoms with van der Waals surface area (Å²) >= 11 is 0. The van der Waals surface area contributed by atoms with E-state index >= 15 is 0 Å². The Hall–Kier alpha value is -3.53. The van der Waals surface area contributed by atoms with E-state index < -0.39 is 13.1 Å². The van der Waals surface area contributed by atoms with Gasteiger partial charge in [-0.15, -0.1) is 0 Å². The third-order valence-electron chi connectivity index (χ3n) is 1.19. The summed E-state index contributed by atoms with van der Waals surface area (Å²) in [4.78, 5) is 57.5. The highest BCUT2D eigenvalue weighted by Gasteiger charge is 1.82. The van der Waals surface area contributed by atoms with Gasteiger partial charge >= 0.3 is 0 Å². The van der Waals surface area contributed by atoms with Crippen molar-refractivity contribution in [3.63, 3.8) is 0 Å². The first kappa shape index (κ1) is 47.6. The number of hydrazine groups is 2. The van der Waals surface area contributed by atoms with E-state index in [9.17, 15) is 32.8 Å². The van der Waals surface area contributed by atoms with Crippen molar-refractivity contribution in [2.24, 2.45) is 21.9 Å². The minimum atomic E-state index is -1.92. The zero-order valence-corrected chi connectivity index (χ0v) is 23.7. The molecule has 4 radical (unpaired) electrons. The fourth-order valence-corrected chi connectivity index (χ4v) is 0.346. The van der Waals surface area contributed by atoms with E-state index in [-0.39, 0.29) is 29.4 Å². The maximum atomic E-state index is 10.4. The molecule has 0 spiro atoms. The number of hydrogen-bond acceptors (Lipinski definition) is 10. The number of nitrogens with one attached hydrogen (secondary N) is 4. The van der Waals surface area contributed by atoms with Crippen molar-refractivity contribution < 1.29 is 40.3 Å². The molecule has 2 unspecified atom stereocenters. The van der Waals surface area contributed by atoms with Gasteiger partial charge in [-0.3, -0.25) is 38.8 Å². The maximum absolute atomic E-state index is 10.4. The molecule has 0 heterocycles. The second-order valence-corrected chi connectivity index (χ2v) is 5.58. The highest BCUT2D eigenvalue weighted by molar-refractivity contribution is 6.08. The molecule has 2 atom stereocenters. The zero-order valence-electron chi connectivity index (χ0n) is 25.7. The number of hydrazone groups is 2. The summed E-state index contributed by atoms with van der Waals surface area (Å²) in [5, 5.41) is 7.09. The topological polar surface area (TPSA) is 227 Å². The van der Waals surface area contributed by atoms with Crippen molar-refractivity contribution in [2.75, 3.05) is 13.1 Å². The standard InChI is InChI=1S/C5H10N2O.C4H8N2O.C3H6O.2C2H6N2O.C2H4O.2CH2BF/c1-4(2)6-7-5(3)8;1-3-5-6-4(2)7;1-3(2)4;2*1-2(5)4-3;1-2-3;2*2-1-3/h1-3H3,(H,7,8);3H,1-2H3,(H,6,7);1-2H3;2*3H2,1H3,(H,4,5);2H,1H3;2*1H2/b;5-3+;;;;;;/i;;;;;;2*1T. The van der Waals surface area contributed by atoms with Gasteiger partial charge in [0, 0.05) is 52.7 Å². The van der Waals surface area contributed by atoms with Crippen LogP contribution in [-0.2, 0) is 28.8 Å². The van der Waals surface area contributed by atoms with Crippen LogP contribution in [0.25, 0.3) is 0 Å². The van der Waals surface area contributed by atoms with E-state index in [0.29, 0.717) is 0 Å². The van der Waals surface area contributed by atoms with Crippen LogP contribution >= 0.6 is 0 Å². The molecule has 38 heavy (non-hydrogen) atoms. The molecule has 18 heteroatoms. The third-order valence-corrected chi connectivity index (χ3v) is 1.19. The lowest BCUT2D eigenvalue weighted by Crippen LogP contribution is -2.26. The van der Waals surface area contributed by atoms with E-state index in [4.69, 9.17) is 7.54 Å². The first-order chi connectivity index (χ1) is 18.0. The molecule has 0 aromatic carbocycles. The number of nitrogens with zero attached hydrogens (tertiary/aromatic N) is 2. The van der Waals surface area contributed by atoms with Crippen LogP contribution < -0.4 is 33.4 Å². The summed E-state index contributed by atoms with van der Waals surface area (Å²) in [6.07, 6.45) is 2.27. The molecule has 8 N–H and O–H groups in total. The number of hydrogen-bond donors (Lipinski definition) is 6. The molecule has 0 aromatic rings. The van der Waals surface area contributed by atoms with Gasteiger partial charge in [0.05, 0.1) is 2.74 Å². The number of carbonyl (C=O) groups is 6. The Kier molecular flexibility index (Phi) is 73.9. The molecule has 0 aliphatic carbocycles. The largest absolute Gasteiger partial charge is 0.304 e. The smallest absolute Gasteiger partial charge is 0.236 e. The van der Waals surface area contributed by atoms with Gasteiger partial charge in [-0.05, 0) is 41.5 Å². The fraction of sp³-hybridized carbons (Fsp3) is 0.600. The number of aldehydes is 1. The van der Waals surface area contributed by atoms with Crippen LogP contribution in [0.5, 0.6) is 0 Å². The molecule has 0 rings (SSSR count). The molecule has 0 bridgehead atoms. The normalized spacial score (nSPS) is 9.53. The Morgan fingerprint density at radius 1 is 0.763 bits per heavy atom. The molecular formula is C20H44B2F2N8O6. The molecule has 0 saturated carbocycles. The fourth-order valence-electron chi connectivity index (χ4n) is 0.346. The summed E-state index contributed by atoms with van der Waals surface area (Å²) < 4.78 is 32.3. The van der Waals surface area contributed by atoms with E-state index in [0.717, 1.165) is 12.0 Å². The van der Waals surface area contributed by atoms with Crippen LogP contribution in [0.3, 0.4) is 0 Å². The monoisotopic (exact) mass is 556 g/mol. The van der Waals surface area contributed by atoms with Gasteiger partial charge in [-0.25, -0.2) is 22.5 Å². The lowest BCUT2D eigenvalue weighted by Gasteiger charge is -1.90. The first-order valence-corrected chi connectivity index (χ1v) is 10.0. The Bertz CT molecular complexity index is 662. The number of ketones is 1. The first-order valence-electron chi connectivity index (χ1n) is 11.2. The second kappa shape index (κ2) is 58.9. The van der Waals surface area contributed by atoms with Crippen molar-refractivity contribution in [1.82, 2.24) is 21.7 Å². The molecule has 220 valence electrons. The minimum absolute atomic E-state index is 0.133. The summed E-state index contributed by atoms with van der Waals surface area (Å²) in [5.74, 6) is 8.60. The zero-order chi connectivity index (χ0) is 34.3. The van der Waals surface area contributed by atoms with Crippen molar-refractivity contribution in [1.29, 1.82) is 0 Å². The molecule has 0 aliphatic rings. The quantitative estimate of drug-likeness (QED) is 0.0654. The van der Waals surface area contributed by atoms with Gasteiger partial charge in [0.15, 0.2) is 0 Å². The van der Waals surface area contributed by atoms with Gasteiger partial charge in [0.25, 0.3) is 0 Å². The number of rotatable bonds is 2. The van der Waals surface area contributed by atoms with Crippen LogP contribution in [0, 0.1) is 0 Å². The summed E-state index contributed by atoms with van der Waals surface area (Å²) in [7, 11) is 8.22. The van der Waals surface area contributed by atoms with Crippen LogP contribution in [0.2, 0.25) is 0 Å². The SMILES string of the molecule is C/C=N/NC(C)=O.CC(=O)NN.CC(=O)NN.CC(=O)NN=C(C)C.CC(C)=O.CC=O.[3H]C([B])F.[3H]C([B])F. The van der Waals surface area contributed by atoms with Crippen molar-refractivity contribution in [3.8, 4) is 0 Å². The van der Waals surface area contributed by atoms with Gasteiger partial charge in [0.2, 0.25) is 23.6 Å². The number of amides is 4. The van der Waals surface area contributed by atoms with E-state index in [2.05, 4.69) is 48.4 Å². The number of halogens is 2. The molecule has 0 fully saturated rings. The maximum Gasteiger partial charge on any atom is 0.236 e. The van der Waals surface area contributed by atoms with E-state index in [1.54, 1.807) is 6.92 Å². The molecule has 0 aliphatic heterocycles. The van der Waals surface area contributed by atoms with Gasteiger partial charge in [-0.1, -0.05) is 0 Å². The van der Waals surface area contributed by atoms with Crippen molar-refractivity contribution in [3.05, 3.63) is 0 Å². The Morgan fingerprint density at radius 3 is 1.03 bits per heavy atom. The molecule has 14 nitrogen and oxygen atoms in total. The highest BCUT2D eigenvalue weighted by Crippen LogP contribution is 1.68. The number of Topliss-reactive ketones (excluding diaryl/α,β-unsaturated/α-hetero) is 1. The molecule has 4 amide bonds. The highest BCUT2D eigenvalue weighted by atomic mass is 19.1. The number of nitrogens with two attached hydrogens (primary N) is 2. The van der Waals surface area contributed by atoms with Gasteiger partial charge < -0.3 is 9.59 Å². The van der Waals surface area contributed by atoms with Crippen LogP contribution in [0.1, 0.15) is 72.0 Å². The van der Waals surface area contributed by atoms with Gasteiger partial charge in [0.1, 0.15) is 27.8 Å². The molecule has 0 aromatic heterocycles. The summed E-state index contributed by atoms with van der Waals surface area (Å²) in [6, 6.07) is 0. The summed E-state index contributed by atoms with van der Waals surface area (Å²) in [5.41, 5.74) is 9.14. The van der Waals surface area contributed by atoms with Crippen LogP contribution in [0.4, 0.5) is 8.78 Å². The van der Waals surface area contributed by atoms with E-state index in [1.807, 2.05) is 24.7 Å². The van der Waals surface area contributed by atoms with Gasteiger partial charge in [-0.2, -0.15) is 10.2 Å². The third kappa shape index (κ3) is 359. The average Bonchev–Trinajstić information content (AvgIpc) is 2.77. The Labute approximate surface area is 230 Å². The predicted octanol–water partition coefficient (Wildman–Crippen LogP) is -0.397. The van der Waals surface area contributed by atoms with Crippen LogP contribution in [0.15, 0.2) is 10.2 Å². The van der Waals surface area contributed by atoms with Crippen molar-refractivity contribution in [2.45, 2.75) is 69.2 Å². The van der Waals surface area contributed by atoms with Crippen LogP contribution in [-0.4, -0.2) is 76.4 Å². The van der Waals surface area contributed by atoms with Crippen molar-refractivity contribution >= 4 is 63.3 Å². The molecular weight excluding hydrogens is 508 g/mol. The predicted molar refractivity (Wildman–Crippen MR) is 148 cm³/mol. The minimum Gasteiger partial charge on any atom is -0.304 e. The second-order valence-electron chi connectivity index (χ2n) is 5.58. The lowest BCUT2D eigenvalue weighted by atomic mass is 10.2. The lowest BCUT2D eigenvalue weighted by molar-refractivity contribution is -0.119. The Morgan fingerprint density at radius 2 is 0.974 bits per heavy atom. The average molecular weight is 556 g/mol. The Balaban J connectivity index is -0.0000000498. The molecule has 0 saturated heterocycles.